The lowest BCUT2D eigenvalue weighted by molar-refractivity contribution is -0.136. The van der Waals surface area contributed by atoms with Gasteiger partial charge in [0, 0.05) is 27.3 Å². The van der Waals surface area contributed by atoms with Crippen molar-refractivity contribution in [3.05, 3.63) is 26.7 Å². The summed E-state index contributed by atoms with van der Waals surface area (Å²) >= 11 is 0. The van der Waals surface area contributed by atoms with Gasteiger partial charge in [-0.2, -0.15) is 0 Å². The van der Waals surface area contributed by atoms with Gasteiger partial charge < -0.3 is 14.8 Å². The largest absolute Gasteiger partial charge is 0.481 e. The van der Waals surface area contributed by atoms with Gasteiger partial charge in [-0.1, -0.05) is 0 Å². The van der Waals surface area contributed by atoms with Crippen molar-refractivity contribution in [1.82, 2.24) is 19.1 Å². The number of nitrogens with zero attached hydrogens (tertiary/aromatic N) is 3. The number of carboxylic acids is 1. The van der Waals surface area contributed by atoms with Crippen LogP contribution < -0.4 is 11.2 Å². The molecule has 0 spiro atoms. The van der Waals surface area contributed by atoms with Gasteiger partial charge in [-0.05, 0) is 6.42 Å². The highest BCUT2D eigenvalue weighted by Crippen LogP contribution is 2.07. The number of carbonyl (C=O) groups is 1. The van der Waals surface area contributed by atoms with Crippen LogP contribution >= 0.6 is 0 Å². The molecule has 0 aliphatic heterocycles. The van der Waals surface area contributed by atoms with Crippen molar-refractivity contribution in [1.29, 1.82) is 0 Å². The quantitative estimate of drug-likeness (QED) is 0.666. The molecule has 0 aliphatic rings. The summed E-state index contributed by atoms with van der Waals surface area (Å²) in [6.07, 6.45) is 0.231. The molecule has 2 N–H and O–H groups in total. The highest BCUT2D eigenvalue weighted by Gasteiger charge is 2.16. The molecule has 114 valence electrons. The molecule has 21 heavy (non-hydrogen) atoms. The molecular formula is C12H16N4O5. The van der Waals surface area contributed by atoms with Crippen molar-refractivity contribution >= 4 is 17.1 Å². The normalized spacial score (nSPS) is 11.1. The van der Waals surface area contributed by atoms with Crippen molar-refractivity contribution in [3.63, 3.8) is 0 Å². The summed E-state index contributed by atoms with van der Waals surface area (Å²) in [5, 5.41) is 8.78. The third-order valence-electron chi connectivity index (χ3n) is 3.07. The standard InChI is InChI=1S/C12H16N4O5/c1-15-11(19)9-10(14-7(13-9)6-8(17)18)16(12(15)20)4-3-5-21-2/h3-6H2,1-2H3,(H,13,14)(H,17,18). The van der Waals surface area contributed by atoms with E-state index in [1.807, 2.05) is 0 Å². The highest BCUT2D eigenvalue weighted by atomic mass is 16.5. The van der Waals surface area contributed by atoms with Crippen molar-refractivity contribution in [2.24, 2.45) is 7.05 Å². The zero-order chi connectivity index (χ0) is 15.6. The molecule has 0 aromatic carbocycles. The van der Waals surface area contributed by atoms with Gasteiger partial charge in [-0.3, -0.25) is 18.7 Å². The molecule has 0 radical (unpaired) electrons. The van der Waals surface area contributed by atoms with Crippen molar-refractivity contribution < 1.29 is 14.6 Å². The molecule has 0 aliphatic carbocycles. The van der Waals surface area contributed by atoms with Gasteiger partial charge in [0.2, 0.25) is 0 Å². The van der Waals surface area contributed by atoms with Crippen LogP contribution in [0, 0.1) is 0 Å². The average Bonchev–Trinajstić information content (AvgIpc) is 2.83. The van der Waals surface area contributed by atoms with E-state index < -0.39 is 17.2 Å². The highest BCUT2D eigenvalue weighted by molar-refractivity contribution is 5.73. The molecule has 0 fully saturated rings. The summed E-state index contributed by atoms with van der Waals surface area (Å²) < 4.78 is 7.25. The van der Waals surface area contributed by atoms with Crippen LogP contribution in [0.2, 0.25) is 0 Å². The molecule has 0 atom stereocenters. The van der Waals surface area contributed by atoms with Gasteiger partial charge in [0.25, 0.3) is 5.56 Å². The van der Waals surface area contributed by atoms with Crippen LogP contribution in [0.5, 0.6) is 0 Å². The Morgan fingerprint density at radius 2 is 2.14 bits per heavy atom. The minimum atomic E-state index is -1.07. The number of hydrogen-bond acceptors (Lipinski definition) is 5. The van der Waals surface area contributed by atoms with Crippen molar-refractivity contribution in [2.45, 2.75) is 19.4 Å². The first-order valence-corrected chi connectivity index (χ1v) is 6.35. The Balaban J connectivity index is 2.59. The van der Waals surface area contributed by atoms with Gasteiger partial charge in [0.05, 0.1) is 0 Å². The zero-order valence-corrected chi connectivity index (χ0v) is 11.8. The van der Waals surface area contributed by atoms with Gasteiger partial charge in [0.1, 0.15) is 17.8 Å². The molecule has 0 bridgehead atoms. The first-order chi connectivity index (χ1) is 9.95. The predicted molar refractivity (Wildman–Crippen MR) is 73.4 cm³/mol. The number of aryl methyl sites for hydroxylation is 1. The van der Waals surface area contributed by atoms with Crippen LogP contribution in [0.25, 0.3) is 11.2 Å². The smallest absolute Gasteiger partial charge is 0.332 e. The maximum atomic E-state index is 12.1. The molecule has 2 aromatic heterocycles. The van der Waals surface area contributed by atoms with Gasteiger partial charge >= 0.3 is 11.7 Å². The number of aliphatic carboxylic acids is 1. The summed E-state index contributed by atoms with van der Waals surface area (Å²) in [6, 6.07) is 0. The number of rotatable bonds is 6. The van der Waals surface area contributed by atoms with E-state index in [2.05, 4.69) is 9.97 Å². The van der Waals surface area contributed by atoms with Crippen LogP contribution in [0.15, 0.2) is 9.59 Å². The van der Waals surface area contributed by atoms with E-state index >= 15 is 0 Å². The number of hydrogen-bond donors (Lipinski definition) is 2. The van der Waals surface area contributed by atoms with Gasteiger partial charge in [-0.15, -0.1) is 0 Å². The minimum absolute atomic E-state index is 0.130. The van der Waals surface area contributed by atoms with E-state index in [-0.39, 0.29) is 23.4 Å². The number of carboxylic acid groups (broad SMARTS) is 1. The number of ether oxygens (including phenoxy) is 1. The SMILES string of the molecule is COCCCn1c(=O)n(C)c(=O)c2[nH]c(CC(=O)O)nc21. The fourth-order valence-corrected chi connectivity index (χ4v) is 2.08. The van der Waals surface area contributed by atoms with E-state index in [1.54, 1.807) is 7.11 Å². The Bertz CT molecular complexity index is 785. The molecule has 9 nitrogen and oxygen atoms in total. The number of methoxy groups -OCH3 is 1. The van der Waals surface area contributed by atoms with Gasteiger partial charge in [0.15, 0.2) is 5.65 Å². The summed E-state index contributed by atoms with van der Waals surface area (Å²) in [4.78, 5) is 41.7. The molecule has 2 rings (SSSR count). The Labute approximate surface area is 118 Å². The first kappa shape index (κ1) is 15.0. The number of nitrogens with one attached hydrogen (secondary N) is 1. The minimum Gasteiger partial charge on any atom is -0.481 e. The fourth-order valence-electron chi connectivity index (χ4n) is 2.08. The average molecular weight is 296 g/mol. The van der Waals surface area contributed by atoms with Crippen LogP contribution in [-0.4, -0.2) is 43.9 Å². The number of imidazole rings is 1. The topological polar surface area (TPSA) is 119 Å². The molecule has 0 amide bonds. The number of fused-ring (bicyclic) bond motifs is 1. The molecule has 2 aromatic rings. The summed E-state index contributed by atoms with van der Waals surface area (Å²) in [6.45, 7) is 0.790. The molecule has 0 saturated carbocycles. The van der Waals surface area contributed by atoms with E-state index in [1.165, 1.54) is 11.6 Å². The third kappa shape index (κ3) is 2.87. The van der Waals surface area contributed by atoms with E-state index in [9.17, 15) is 14.4 Å². The number of aromatic amines is 1. The van der Waals surface area contributed by atoms with Crippen molar-refractivity contribution in [2.75, 3.05) is 13.7 Å². The maximum absolute atomic E-state index is 12.1. The van der Waals surface area contributed by atoms with Crippen molar-refractivity contribution in [3.8, 4) is 0 Å². The zero-order valence-electron chi connectivity index (χ0n) is 11.8. The Morgan fingerprint density at radius 3 is 2.76 bits per heavy atom. The van der Waals surface area contributed by atoms with Crippen LogP contribution in [0.4, 0.5) is 0 Å². The van der Waals surface area contributed by atoms with E-state index in [0.29, 0.717) is 19.6 Å². The third-order valence-corrected chi connectivity index (χ3v) is 3.07. The molecule has 0 saturated heterocycles. The Hall–Kier alpha value is -2.42. The second-order valence-electron chi connectivity index (χ2n) is 4.60. The van der Waals surface area contributed by atoms with Crippen LogP contribution in [-0.2, 0) is 29.5 Å². The lowest BCUT2D eigenvalue weighted by Gasteiger charge is -2.07. The predicted octanol–water partition coefficient (Wildman–Crippen LogP) is -0.913. The monoisotopic (exact) mass is 296 g/mol. The van der Waals surface area contributed by atoms with Crippen LogP contribution in [0.1, 0.15) is 12.2 Å². The van der Waals surface area contributed by atoms with Gasteiger partial charge in [-0.25, -0.2) is 9.78 Å². The fraction of sp³-hybridized carbons (Fsp3) is 0.500. The molecule has 9 heteroatoms. The van der Waals surface area contributed by atoms with Crippen LogP contribution in [0.3, 0.4) is 0 Å². The summed E-state index contributed by atoms with van der Waals surface area (Å²) in [5.41, 5.74) is -0.708. The molecule has 0 unspecified atom stereocenters. The lowest BCUT2D eigenvalue weighted by atomic mass is 10.4. The summed E-state index contributed by atoms with van der Waals surface area (Å²) in [5.74, 6) is -0.931. The number of H-pyrrole nitrogens is 1. The lowest BCUT2D eigenvalue weighted by Crippen LogP contribution is -2.38. The molecule has 2 heterocycles. The Kier molecular flexibility index (Phi) is 4.22. The van der Waals surface area contributed by atoms with E-state index in [4.69, 9.17) is 9.84 Å². The number of aromatic nitrogens is 4. The van der Waals surface area contributed by atoms with E-state index in [0.717, 1.165) is 4.57 Å². The molecular weight excluding hydrogens is 280 g/mol. The summed E-state index contributed by atoms with van der Waals surface area (Å²) in [7, 11) is 2.92. The maximum Gasteiger partial charge on any atom is 0.332 e. The Morgan fingerprint density at radius 1 is 1.43 bits per heavy atom. The second-order valence-corrected chi connectivity index (χ2v) is 4.60. The second kappa shape index (κ2) is 5.92. The first-order valence-electron chi connectivity index (χ1n) is 6.35.